The van der Waals surface area contributed by atoms with Crippen LogP contribution in [0.3, 0.4) is 0 Å². The number of aryl methyl sites for hydroxylation is 1. The van der Waals surface area contributed by atoms with Gasteiger partial charge in [0.2, 0.25) is 0 Å². The summed E-state index contributed by atoms with van der Waals surface area (Å²) < 4.78 is 27.0. The summed E-state index contributed by atoms with van der Waals surface area (Å²) in [6.45, 7) is 3.78. The van der Waals surface area contributed by atoms with Crippen molar-refractivity contribution >= 4 is 0 Å². The maximum Gasteiger partial charge on any atom is 0.126 e. The van der Waals surface area contributed by atoms with E-state index in [0.717, 1.165) is 31.1 Å². The molecule has 1 aliphatic heterocycles. The van der Waals surface area contributed by atoms with Crippen LogP contribution in [0.25, 0.3) is 0 Å². The molecule has 1 nitrogen and oxygen atoms in total. The minimum atomic E-state index is -0.494. The Morgan fingerprint density at radius 1 is 0.905 bits per heavy atom. The Labute approximate surface area is 124 Å². The van der Waals surface area contributed by atoms with Crippen LogP contribution in [-0.4, -0.2) is 13.1 Å². The first kappa shape index (κ1) is 14.2. The van der Waals surface area contributed by atoms with Gasteiger partial charge in [0.25, 0.3) is 0 Å². The Bertz CT molecular complexity index is 601. The number of piperidine rings is 1. The highest BCUT2D eigenvalue weighted by molar-refractivity contribution is 5.32. The summed E-state index contributed by atoms with van der Waals surface area (Å²) in [6, 6.07) is 12.3. The molecule has 110 valence electrons. The maximum atomic E-state index is 13.5. The van der Waals surface area contributed by atoms with Gasteiger partial charge in [0, 0.05) is 18.5 Å². The number of benzene rings is 2. The van der Waals surface area contributed by atoms with Crippen LogP contribution in [0.1, 0.15) is 34.9 Å². The lowest BCUT2D eigenvalue weighted by molar-refractivity contribution is 0.401. The highest BCUT2D eigenvalue weighted by atomic mass is 19.1. The van der Waals surface area contributed by atoms with E-state index in [1.54, 1.807) is 0 Å². The molecule has 1 N–H and O–H groups in total. The lowest BCUT2D eigenvalue weighted by atomic mass is 9.77. The van der Waals surface area contributed by atoms with Gasteiger partial charge in [-0.3, -0.25) is 0 Å². The van der Waals surface area contributed by atoms with Crippen molar-refractivity contribution in [2.24, 2.45) is 0 Å². The van der Waals surface area contributed by atoms with Crippen molar-refractivity contribution < 1.29 is 8.78 Å². The molecule has 2 aromatic carbocycles. The molecule has 0 spiro atoms. The molecule has 3 heteroatoms. The lowest BCUT2D eigenvalue weighted by Crippen LogP contribution is -2.34. The fourth-order valence-electron chi connectivity index (χ4n) is 3.21. The van der Waals surface area contributed by atoms with E-state index in [1.807, 2.05) is 0 Å². The predicted octanol–water partition coefficient (Wildman–Crippen LogP) is 4.13. The Balaban J connectivity index is 1.95. The molecule has 1 saturated heterocycles. The highest BCUT2D eigenvalue weighted by Gasteiger charge is 2.28. The minimum absolute atomic E-state index is 0.152. The van der Waals surface area contributed by atoms with Crippen LogP contribution in [-0.2, 0) is 0 Å². The average Bonchev–Trinajstić information content (AvgIpc) is 2.47. The van der Waals surface area contributed by atoms with E-state index in [1.165, 1.54) is 23.3 Å². The van der Waals surface area contributed by atoms with E-state index in [-0.39, 0.29) is 11.8 Å². The monoisotopic (exact) mass is 287 g/mol. The van der Waals surface area contributed by atoms with Crippen LogP contribution in [0, 0.1) is 18.6 Å². The van der Waals surface area contributed by atoms with Crippen LogP contribution in [0.2, 0.25) is 0 Å². The zero-order chi connectivity index (χ0) is 14.8. The summed E-state index contributed by atoms with van der Waals surface area (Å²) in [5.41, 5.74) is 3.21. The van der Waals surface area contributed by atoms with Gasteiger partial charge in [0.1, 0.15) is 11.6 Å². The molecular formula is C18H19F2N. The van der Waals surface area contributed by atoms with Crippen molar-refractivity contribution in [2.45, 2.75) is 25.2 Å². The molecule has 2 atom stereocenters. The second kappa shape index (κ2) is 5.94. The van der Waals surface area contributed by atoms with Crippen molar-refractivity contribution in [2.75, 3.05) is 13.1 Å². The second-order valence-corrected chi connectivity index (χ2v) is 5.82. The molecule has 2 aromatic rings. The molecule has 1 fully saturated rings. The van der Waals surface area contributed by atoms with Crippen molar-refractivity contribution in [3.05, 3.63) is 70.8 Å². The standard InChI is InChI=1S/C18H19F2N/c1-12-2-4-13(5-3-12)18-11-21-7-6-17(18)14-8-15(19)10-16(20)9-14/h2-5,8-10,17-18,21H,6-7,11H2,1H3. The van der Waals surface area contributed by atoms with Gasteiger partial charge in [-0.2, -0.15) is 0 Å². The fraction of sp³-hybridized carbons (Fsp3) is 0.333. The van der Waals surface area contributed by atoms with Crippen molar-refractivity contribution in [3.8, 4) is 0 Å². The molecule has 3 rings (SSSR count). The second-order valence-electron chi connectivity index (χ2n) is 5.82. The van der Waals surface area contributed by atoms with Crippen LogP contribution in [0.5, 0.6) is 0 Å². The van der Waals surface area contributed by atoms with E-state index in [9.17, 15) is 8.78 Å². The van der Waals surface area contributed by atoms with Crippen LogP contribution in [0.15, 0.2) is 42.5 Å². The molecule has 0 aromatic heterocycles. The molecule has 0 saturated carbocycles. The fourth-order valence-corrected chi connectivity index (χ4v) is 3.21. The molecule has 0 amide bonds. The summed E-state index contributed by atoms with van der Waals surface area (Å²) in [5, 5.41) is 3.39. The van der Waals surface area contributed by atoms with Gasteiger partial charge in [-0.25, -0.2) is 8.78 Å². The van der Waals surface area contributed by atoms with Gasteiger partial charge in [0.15, 0.2) is 0 Å². The summed E-state index contributed by atoms with van der Waals surface area (Å²) in [7, 11) is 0. The van der Waals surface area contributed by atoms with E-state index < -0.39 is 11.6 Å². The third-order valence-electron chi connectivity index (χ3n) is 4.30. The van der Waals surface area contributed by atoms with Crippen LogP contribution >= 0.6 is 0 Å². The average molecular weight is 287 g/mol. The Morgan fingerprint density at radius 2 is 1.57 bits per heavy atom. The summed E-state index contributed by atoms with van der Waals surface area (Å²) >= 11 is 0. The summed E-state index contributed by atoms with van der Waals surface area (Å²) in [4.78, 5) is 0. The zero-order valence-corrected chi connectivity index (χ0v) is 12.1. The van der Waals surface area contributed by atoms with Crippen molar-refractivity contribution in [3.63, 3.8) is 0 Å². The van der Waals surface area contributed by atoms with Crippen molar-refractivity contribution in [1.82, 2.24) is 5.32 Å². The number of hydrogen-bond acceptors (Lipinski definition) is 1. The van der Waals surface area contributed by atoms with Gasteiger partial charge in [-0.1, -0.05) is 29.8 Å². The van der Waals surface area contributed by atoms with Crippen molar-refractivity contribution in [1.29, 1.82) is 0 Å². The van der Waals surface area contributed by atoms with Crippen LogP contribution in [0.4, 0.5) is 8.78 Å². The summed E-state index contributed by atoms with van der Waals surface area (Å²) in [6.07, 6.45) is 0.890. The van der Waals surface area contributed by atoms with E-state index in [2.05, 4.69) is 36.5 Å². The first-order chi connectivity index (χ1) is 10.1. The molecule has 21 heavy (non-hydrogen) atoms. The molecule has 0 radical (unpaired) electrons. The highest BCUT2D eigenvalue weighted by Crippen LogP contribution is 2.37. The quantitative estimate of drug-likeness (QED) is 0.875. The maximum absolute atomic E-state index is 13.5. The molecular weight excluding hydrogens is 268 g/mol. The van der Waals surface area contributed by atoms with E-state index in [4.69, 9.17) is 0 Å². The Morgan fingerprint density at radius 3 is 2.24 bits per heavy atom. The topological polar surface area (TPSA) is 12.0 Å². The third kappa shape index (κ3) is 3.13. The van der Waals surface area contributed by atoms with Gasteiger partial charge in [0.05, 0.1) is 0 Å². The SMILES string of the molecule is Cc1ccc(C2CNCCC2c2cc(F)cc(F)c2)cc1. The molecule has 0 aliphatic carbocycles. The van der Waals surface area contributed by atoms with Gasteiger partial charge in [-0.05, 0) is 49.1 Å². The lowest BCUT2D eigenvalue weighted by Gasteiger charge is -2.33. The normalized spacial score (nSPS) is 22.2. The van der Waals surface area contributed by atoms with Gasteiger partial charge in [-0.15, -0.1) is 0 Å². The number of rotatable bonds is 2. The molecule has 1 heterocycles. The number of halogens is 2. The van der Waals surface area contributed by atoms with Crippen LogP contribution < -0.4 is 5.32 Å². The predicted molar refractivity (Wildman–Crippen MR) is 80.5 cm³/mol. The Kier molecular flexibility index (Phi) is 4.02. The number of nitrogens with one attached hydrogen (secondary N) is 1. The first-order valence-electron chi connectivity index (χ1n) is 7.37. The molecule has 0 bridgehead atoms. The van der Waals surface area contributed by atoms with Gasteiger partial charge >= 0.3 is 0 Å². The third-order valence-corrected chi connectivity index (χ3v) is 4.30. The zero-order valence-electron chi connectivity index (χ0n) is 12.1. The summed E-state index contributed by atoms with van der Waals surface area (Å²) in [5.74, 6) is -0.586. The smallest absolute Gasteiger partial charge is 0.126 e. The van der Waals surface area contributed by atoms with E-state index >= 15 is 0 Å². The largest absolute Gasteiger partial charge is 0.316 e. The minimum Gasteiger partial charge on any atom is -0.316 e. The Hall–Kier alpha value is -1.74. The number of hydrogen-bond donors (Lipinski definition) is 1. The first-order valence-corrected chi connectivity index (χ1v) is 7.37. The van der Waals surface area contributed by atoms with E-state index in [0.29, 0.717) is 0 Å². The molecule has 2 unspecified atom stereocenters. The van der Waals surface area contributed by atoms with Gasteiger partial charge < -0.3 is 5.32 Å². The molecule has 1 aliphatic rings.